The van der Waals surface area contributed by atoms with E-state index in [-0.39, 0.29) is 0 Å². The fraction of sp³-hybridized carbons (Fsp3) is 0.462. The van der Waals surface area contributed by atoms with Crippen LogP contribution >= 0.6 is 12.2 Å². The number of phenolic OH excluding ortho intramolecular Hbond substituents is 1. The van der Waals surface area contributed by atoms with Gasteiger partial charge in [-0.15, -0.1) is 0 Å². The number of phenols is 1. The van der Waals surface area contributed by atoms with Crippen LogP contribution in [0.25, 0.3) is 0 Å². The molecule has 2 rings (SSSR count). The summed E-state index contributed by atoms with van der Waals surface area (Å²) >= 11 is 5.46. The van der Waals surface area contributed by atoms with E-state index in [2.05, 4.69) is 4.90 Å². The number of ether oxygens (including phenoxy) is 1. The molecule has 0 saturated carbocycles. The van der Waals surface area contributed by atoms with Crippen molar-refractivity contribution in [3.05, 3.63) is 29.3 Å². The van der Waals surface area contributed by atoms with E-state index in [1.54, 1.807) is 12.1 Å². The normalized spacial score (nSPS) is 15.9. The number of morpholine rings is 1. The van der Waals surface area contributed by atoms with E-state index in [0.29, 0.717) is 5.75 Å². The van der Waals surface area contributed by atoms with Crippen molar-refractivity contribution in [1.29, 1.82) is 0 Å². The Hall–Kier alpha value is -1.13. The predicted molar refractivity (Wildman–Crippen MR) is 71.5 cm³/mol. The molecule has 1 aliphatic heterocycles. The molecule has 1 fully saturated rings. The third kappa shape index (κ3) is 3.17. The van der Waals surface area contributed by atoms with Crippen LogP contribution in [0.5, 0.6) is 5.75 Å². The van der Waals surface area contributed by atoms with E-state index in [9.17, 15) is 5.11 Å². The molecule has 0 aliphatic carbocycles. The third-order valence-corrected chi connectivity index (χ3v) is 3.43. The monoisotopic (exact) mass is 251 g/mol. The molecule has 1 aromatic rings. The molecule has 1 saturated heterocycles. The predicted octanol–water partition coefficient (Wildman–Crippen LogP) is 1.90. The van der Waals surface area contributed by atoms with Crippen LogP contribution in [0, 0.1) is 6.92 Å². The van der Waals surface area contributed by atoms with Gasteiger partial charge in [-0.25, -0.2) is 0 Å². The van der Waals surface area contributed by atoms with Crippen molar-refractivity contribution in [3.63, 3.8) is 0 Å². The summed E-state index contributed by atoms with van der Waals surface area (Å²) in [5.74, 6) is 0.309. The first-order chi connectivity index (χ1) is 8.16. The van der Waals surface area contributed by atoms with Gasteiger partial charge in [-0.3, -0.25) is 0 Å². The summed E-state index contributed by atoms with van der Waals surface area (Å²) in [5.41, 5.74) is 2.26. The van der Waals surface area contributed by atoms with Gasteiger partial charge in [-0.2, -0.15) is 0 Å². The Kier molecular flexibility index (Phi) is 3.97. The molecule has 0 unspecified atom stereocenters. The Labute approximate surface area is 107 Å². The van der Waals surface area contributed by atoms with Crippen LogP contribution in [0.15, 0.2) is 18.2 Å². The maximum atomic E-state index is 9.36. The molecule has 92 valence electrons. The van der Waals surface area contributed by atoms with Gasteiger partial charge >= 0.3 is 0 Å². The lowest BCUT2D eigenvalue weighted by Crippen LogP contribution is -2.40. The Balaban J connectivity index is 2.02. The van der Waals surface area contributed by atoms with Crippen molar-refractivity contribution in [2.24, 2.45) is 0 Å². The highest BCUT2D eigenvalue weighted by Gasteiger charge is 2.14. The second-order valence-corrected chi connectivity index (χ2v) is 4.75. The van der Waals surface area contributed by atoms with Crippen LogP contribution in [0.2, 0.25) is 0 Å². The summed E-state index contributed by atoms with van der Waals surface area (Å²) < 4.78 is 5.31. The molecule has 0 bridgehead atoms. The molecule has 17 heavy (non-hydrogen) atoms. The molecule has 3 nitrogen and oxygen atoms in total. The second-order valence-electron chi connectivity index (χ2n) is 4.28. The highest BCUT2D eigenvalue weighted by Crippen LogP contribution is 2.17. The van der Waals surface area contributed by atoms with Gasteiger partial charge in [0, 0.05) is 19.5 Å². The van der Waals surface area contributed by atoms with E-state index in [0.717, 1.165) is 43.3 Å². The summed E-state index contributed by atoms with van der Waals surface area (Å²) in [6.07, 6.45) is 0.765. The third-order valence-electron chi connectivity index (χ3n) is 3.03. The van der Waals surface area contributed by atoms with Crippen LogP contribution in [-0.2, 0) is 11.2 Å². The van der Waals surface area contributed by atoms with Gasteiger partial charge in [0.05, 0.1) is 18.2 Å². The number of benzene rings is 1. The number of thiocarbonyl (C=S) groups is 1. The van der Waals surface area contributed by atoms with Crippen LogP contribution in [0.3, 0.4) is 0 Å². The largest absolute Gasteiger partial charge is 0.508 e. The molecule has 1 N–H and O–H groups in total. The molecule has 0 aromatic heterocycles. The standard InChI is InChI=1S/C13H17NO2S/c1-10-8-12(15)3-2-11(10)9-13(17)14-4-6-16-7-5-14/h2-3,8,15H,4-7,9H2,1H3. The first-order valence-electron chi connectivity index (χ1n) is 5.81. The summed E-state index contributed by atoms with van der Waals surface area (Å²) in [7, 11) is 0. The van der Waals surface area contributed by atoms with Gasteiger partial charge in [0.25, 0.3) is 0 Å². The Bertz CT molecular complexity index is 414. The van der Waals surface area contributed by atoms with Gasteiger partial charge in [0.2, 0.25) is 0 Å². The van der Waals surface area contributed by atoms with Crippen molar-refractivity contribution in [3.8, 4) is 5.75 Å². The van der Waals surface area contributed by atoms with Crippen LogP contribution < -0.4 is 0 Å². The van der Waals surface area contributed by atoms with E-state index < -0.39 is 0 Å². The minimum atomic E-state index is 0.309. The molecule has 0 atom stereocenters. The molecular formula is C13H17NO2S. The van der Waals surface area contributed by atoms with E-state index in [4.69, 9.17) is 17.0 Å². The summed E-state index contributed by atoms with van der Waals surface area (Å²) in [6, 6.07) is 5.43. The van der Waals surface area contributed by atoms with Crippen LogP contribution in [0.4, 0.5) is 0 Å². The Morgan fingerprint density at radius 2 is 2.12 bits per heavy atom. The average Bonchev–Trinajstić information content (AvgIpc) is 2.34. The van der Waals surface area contributed by atoms with Crippen molar-refractivity contribution in [1.82, 2.24) is 4.90 Å². The minimum Gasteiger partial charge on any atom is -0.508 e. The fourth-order valence-electron chi connectivity index (χ4n) is 1.97. The van der Waals surface area contributed by atoms with Gasteiger partial charge in [-0.05, 0) is 30.2 Å². The maximum Gasteiger partial charge on any atom is 0.115 e. The zero-order valence-electron chi connectivity index (χ0n) is 9.98. The highest BCUT2D eigenvalue weighted by atomic mass is 32.1. The Morgan fingerprint density at radius 1 is 1.41 bits per heavy atom. The first kappa shape index (κ1) is 12.3. The van der Waals surface area contributed by atoms with Crippen LogP contribution in [-0.4, -0.2) is 41.3 Å². The van der Waals surface area contributed by atoms with Crippen molar-refractivity contribution in [2.75, 3.05) is 26.3 Å². The smallest absolute Gasteiger partial charge is 0.115 e. The molecule has 0 amide bonds. The van der Waals surface area contributed by atoms with Crippen molar-refractivity contribution in [2.45, 2.75) is 13.3 Å². The molecule has 0 spiro atoms. The highest BCUT2D eigenvalue weighted by molar-refractivity contribution is 7.80. The molecule has 4 heteroatoms. The first-order valence-corrected chi connectivity index (χ1v) is 6.21. The lowest BCUT2D eigenvalue weighted by molar-refractivity contribution is 0.0684. The van der Waals surface area contributed by atoms with Gasteiger partial charge in [0.1, 0.15) is 5.75 Å². The molecule has 1 aliphatic rings. The molecule has 1 aromatic carbocycles. The maximum absolute atomic E-state index is 9.36. The lowest BCUT2D eigenvalue weighted by Gasteiger charge is -2.29. The molecular weight excluding hydrogens is 234 g/mol. The number of nitrogens with zero attached hydrogens (tertiary/aromatic N) is 1. The van der Waals surface area contributed by atoms with Gasteiger partial charge < -0.3 is 14.7 Å². The average molecular weight is 251 g/mol. The second kappa shape index (κ2) is 5.47. The number of hydrogen-bond acceptors (Lipinski definition) is 3. The molecule has 0 radical (unpaired) electrons. The lowest BCUT2D eigenvalue weighted by atomic mass is 10.1. The minimum absolute atomic E-state index is 0.309. The zero-order valence-corrected chi connectivity index (χ0v) is 10.8. The quantitative estimate of drug-likeness (QED) is 0.814. The van der Waals surface area contributed by atoms with E-state index in [1.807, 2.05) is 13.0 Å². The summed E-state index contributed by atoms with van der Waals surface area (Å²) in [5, 5.41) is 9.36. The van der Waals surface area contributed by atoms with Crippen molar-refractivity contribution >= 4 is 17.2 Å². The van der Waals surface area contributed by atoms with Crippen molar-refractivity contribution < 1.29 is 9.84 Å². The van der Waals surface area contributed by atoms with Gasteiger partial charge in [-0.1, -0.05) is 18.3 Å². The Morgan fingerprint density at radius 3 is 2.76 bits per heavy atom. The molecule has 1 heterocycles. The van der Waals surface area contributed by atoms with Crippen LogP contribution in [0.1, 0.15) is 11.1 Å². The fourth-order valence-corrected chi connectivity index (χ4v) is 2.30. The van der Waals surface area contributed by atoms with Gasteiger partial charge in [0.15, 0.2) is 0 Å². The SMILES string of the molecule is Cc1cc(O)ccc1CC(=S)N1CCOCC1. The zero-order chi connectivity index (χ0) is 12.3. The number of aryl methyl sites for hydroxylation is 1. The topological polar surface area (TPSA) is 32.7 Å². The van der Waals surface area contributed by atoms with E-state index in [1.165, 1.54) is 5.56 Å². The number of hydrogen-bond donors (Lipinski definition) is 1. The summed E-state index contributed by atoms with van der Waals surface area (Å²) in [6.45, 7) is 5.28. The number of rotatable bonds is 2. The summed E-state index contributed by atoms with van der Waals surface area (Å²) in [4.78, 5) is 3.16. The van der Waals surface area contributed by atoms with E-state index >= 15 is 0 Å². The number of aromatic hydroxyl groups is 1.